The molecule has 38 heavy (non-hydrogen) atoms. The zero-order chi connectivity index (χ0) is 27.0. The Labute approximate surface area is 220 Å². The number of fused-ring (bicyclic) bond motifs is 2. The number of aryl methyl sites for hydroxylation is 2. The predicted octanol–water partition coefficient (Wildman–Crippen LogP) is 5.25. The Hall–Kier alpha value is -4.07. The van der Waals surface area contributed by atoms with Gasteiger partial charge in [-0.15, -0.1) is 0 Å². The number of amides is 1. The second-order valence-electron chi connectivity index (χ2n) is 9.83. The van der Waals surface area contributed by atoms with Gasteiger partial charge in [-0.05, 0) is 78.8 Å². The Morgan fingerprint density at radius 1 is 1.11 bits per heavy atom. The molecule has 0 bridgehead atoms. The maximum absolute atomic E-state index is 15.2. The molecule has 3 aromatic carbocycles. The molecule has 7 nitrogen and oxygen atoms in total. The monoisotopic (exact) mass is 519 g/mol. The van der Waals surface area contributed by atoms with E-state index in [0.29, 0.717) is 42.3 Å². The number of hydrogen-bond donors (Lipinski definition) is 2. The molecule has 2 atom stereocenters. The molecule has 0 spiro atoms. The minimum Gasteiger partial charge on any atom is -0.492 e. The molecular formula is C30H30FNO6. The van der Waals surface area contributed by atoms with E-state index in [-0.39, 0.29) is 30.7 Å². The SMILES string of the molecule is CNC(=O)COc1cc(C)c(-c2ccc(F)c3c2CCC3Oc2ccc3c(c2)OCC3CC(=O)O)c(C)c1. The van der Waals surface area contributed by atoms with E-state index in [2.05, 4.69) is 5.32 Å². The molecule has 1 aliphatic carbocycles. The first-order valence-electron chi connectivity index (χ1n) is 12.7. The van der Waals surface area contributed by atoms with Crippen molar-refractivity contribution in [2.24, 2.45) is 0 Å². The molecule has 1 amide bonds. The van der Waals surface area contributed by atoms with Crippen LogP contribution in [0.25, 0.3) is 11.1 Å². The van der Waals surface area contributed by atoms with E-state index < -0.39 is 12.1 Å². The van der Waals surface area contributed by atoms with Crippen molar-refractivity contribution in [2.75, 3.05) is 20.3 Å². The number of carbonyl (C=O) groups excluding carboxylic acids is 1. The number of hydrogen-bond acceptors (Lipinski definition) is 5. The number of nitrogens with one attached hydrogen (secondary N) is 1. The van der Waals surface area contributed by atoms with Gasteiger partial charge in [0.1, 0.15) is 29.2 Å². The number of benzene rings is 3. The summed E-state index contributed by atoms with van der Waals surface area (Å²) in [5, 5.41) is 11.7. The minimum absolute atomic E-state index is 0.0111. The van der Waals surface area contributed by atoms with Gasteiger partial charge in [0.05, 0.1) is 13.0 Å². The Morgan fingerprint density at radius 3 is 2.58 bits per heavy atom. The highest BCUT2D eigenvalue weighted by Gasteiger charge is 2.32. The summed E-state index contributed by atoms with van der Waals surface area (Å²) in [6.45, 7) is 4.23. The van der Waals surface area contributed by atoms with Crippen LogP contribution in [0.4, 0.5) is 4.39 Å². The molecule has 0 saturated heterocycles. The van der Waals surface area contributed by atoms with E-state index in [0.717, 1.165) is 33.4 Å². The Balaban J connectivity index is 1.41. The first-order valence-corrected chi connectivity index (χ1v) is 12.7. The number of ether oxygens (including phenoxy) is 3. The summed E-state index contributed by atoms with van der Waals surface area (Å²) in [7, 11) is 1.56. The predicted molar refractivity (Wildman–Crippen MR) is 139 cm³/mol. The van der Waals surface area contributed by atoms with E-state index >= 15 is 4.39 Å². The molecule has 1 heterocycles. The van der Waals surface area contributed by atoms with Gasteiger partial charge in [-0.3, -0.25) is 9.59 Å². The van der Waals surface area contributed by atoms with Crippen LogP contribution in [-0.4, -0.2) is 37.2 Å². The van der Waals surface area contributed by atoms with Gasteiger partial charge in [-0.2, -0.15) is 0 Å². The number of rotatable bonds is 8. The third-order valence-electron chi connectivity index (χ3n) is 7.27. The molecule has 8 heteroatoms. The average molecular weight is 520 g/mol. The van der Waals surface area contributed by atoms with Gasteiger partial charge in [0, 0.05) is 30.2 Å². The maximum Gasteiger partial charge on any atom is 0.304 e. The van der Waals surface area contributed by atoms with Gasteiger partial charge in [0.2, 0.25) is 0 Å². The highest BCUT2D eigenvalue weighted by atomic mass is 19.1. The molecule has 198 valence electrons. The minimum atomic E-state index is -0.864. The van der Waals surface area contributed by atoms with Gasteiger partial charge in [0.15, 0.2) is 6.61 Å². The fraction of sp³-hybridized carbons (Fsp3) is 0.333. The molecule has 0 saturated carbocycles. The van der Waals surface area contributed by atoms with Crippen molar-refractivity contribution >= 4 is 11.9 Å². The van der Waals surface area contributed by atoms with Gasteiger partial charge in [-0.25, -0.2) is 4.39 Å². The van der Waals surface area contributed by atoms with Crippen molar-refractivity contribution in [1.29, 1.82) is 0 Å². The van der Waals surface area contributed by atoms with Crippen LogP contribution in [0.3, 0.4) is 0 Å². The molecule has 0 fully saturated rings. The van der Waals surface area contributed by atoms with Crippen molar-refractivity contribution < 1.29 is 33.3 Å². The largest absolute Gasteiger partial charge is 0.492 e. The fourth-order valence-corrected chi connectivity index (χ4v) is 5.55. The summed E-state index contributed by atoms with van der Waals surface area (Å²) in [5.74, 6) is 0.232. The summed E-state index contributed by atoms with van der Waals surface area (Å²) in [6.07, 6.45) is 0.865. The first-order chi connectivity index (χ1) is 18.2. The summed E-state index contributed by atoms with van der Waals surface area (Å²) < 4.78 is 32.8. The van der Waals surface area contributed by atoms with Crippen molar-refractivity contribution in [1.82, 2.24) is 5.32 Å². The highest BCUT2D eigenvalue weighted by molar-refractivity contribution is 5.78. The zero-order valence-electron chi connectivity index (χ0n) is 21.6. The van der Waals surface area contributed by atoms with E-state index in [1.165, 1.54) is 6.07 Å². The lowest BCUT2D eigenvalue weighted by Gasteiger charge is -2.19. The van der Waals surface area contributed by atoms with Crippen LogP contribution in [-0.2, 0) is 16.0 Å². The van der Waals surface area contributed by atoms with Gasteiger partial charge >= 0.3 is 5.97 Å². The Kier molecular flexibility index (Phi) is 6.97. The number of carboxylic acids is 1. The molecular weight excluding hydrogens is 489 g/mol. The highest BCUT2D eigenvalue weighted by Crippen LogP contribution is 2.45. The van der Waals surface area contributed by atoms with Crippen LogP contribution in [0, 0.1) is 19.7 Å². The van der Waals surface area contributed by atoms with E-state index in [1.54, 1.807) is 19.2 Å². The number of aliphatic carboxylic acids is 1. The molecule has 2 N–H and O–H groups in total. The smallest absolute Gasteiger partial charge is 0.304 e. The molecule has 0 aromatic heterocycles. The molecule has 2 aliphatic rings. The van der Waals surface area contributed by atoms with Crippen molar-refractivity contribution in [3.05, 3.63) is 76.1 Å². The van der Waals surface area contributed by atoms with E-state index in [4.69, 9.17) is 19.3 Å². The number of halogens is 1. The van der Waals surface area contributed by atoms with Crippen molar-refractivity contribution in [3.8, 4) is 28.4 Å². The van der Waals surface area contributed by atoms with Crippen LogP contribution in [0.1, 0.15) is 52.7 Å². The molecule has 3 aromatic rings. The molecule has 5 rings (SSSR count). The number of carbonyl (C=O) groups is 2. The average Bonchev–Trinajstić information content (AvgIpc) is 3.48. The second kappa shape index (κ2) is 10.4. The van der Waals surface area contributed by atoms with Crippen molar-refractivity contribution in [3.63, 3.8) is 0 Å². The Bertz CT molecular complexity index is 1400. The van der Waals surface area contributed by atoms with E-state index in [1.807, 2.05) is 38.1 Å². The lowest BCUT2D eigenvalue weighted by atomic mass is 9.90. The quantitative estimate of drug-likeness (QED) is 0.422. The van der Waals surface area contributed by atoms with E-state index in [9.17, 15) is 9.59 Å². The first kappa shape index (κ1) is 25.6. The normalized spacial score (nSPS) is 17.4. The topological polar surface area (TPSA) is 94.1 Å². The van der Waals surface area contributed by atoms with Gasteiger partial charge < -0.3 is 24.6 Å². The van der Waals surface area contributed by atoms with Crippen LogP contribution < -0.4 is 19.5 Å². The van der Waals surface area contributed by atoms with Crippen LogP contribution >= 0.6 is 0 Å². The van der Waals surface area contributed by atoms with Crippen molar-refractivity contribution in [2.45, 2.75) is 45.1 Å². The van der Waals surface area contributed by atoms with Crippen LogP contribution in [0.5, 0.6) is 17.2 Å². The van der Waals surface area contributed by atoms with Gasteiger partial charge in [-0.1, -0.05) is 12.1 Å². The third kappa shape index (κ3) is 4.90. The fourth-order valence-electron chi connectivity index (χ4n) is 5.55. The molecule has 2 unspecified atom stereocenters. The summed E-state index contributed by atoms with van der Waals surface area (Å²) in [4.78, 5) is 22.7. The molecule has 0 radical (unpaired) electrons. The summed E-state index contributed by atoms with van der Waals surface area (Å²) >= 11 is 0. The summed E-state index contributed by atoms with van der Waals surface area (Å²) in [5.41, 5.74) is 6.28. The third-order valence-corrected chi connectivity index (χ3v) is 7.27. The number of carboxylic acid groups (broad SMARTS) is 1. The van der Waals surface area contributed by atoms with Gasteiger partial charge in [0.25, 0.3) is 5.91 Å². The zero-order valence-corrected chi connectivity index (χ0v) is 21.6. The second-order valence-corrected chi connectivity index (χ2v) is 9.83. The Morgan fingerprint density at radius 2 is 1.87 bits per heavy atom. The molecule has 1 aliphatic heterocycles. The lowest BCUT2D eigenvalue weighted by molar-refractivity contribution is -0.137. The maximum atomic E-state index is 15.2. The standard InChI is InChI=1S/C30H30FNO6/c1-16-10-20(36-15-27(33)32-3)11-17(2)29(16)22-6-8-24(31)30-23(22)7-9-25(30)38-19-4-5-21-18(12-28(34)35)14-37-26(21)13-19/h4-6,8,10-11,13,18,25H,7,9,12,14-15H2,1-3H3,(H,32,33)(H,34,35). The van der Waals surface area contributed by atoms with Crippen LogP contribution in [0.15, 0.2) is 42.5 Å². The summed E-state index contributed by atoms with van der Waals surface area (Å²) in [6, 6.07) is 12.5. The lowest BCUT2D eigenvalue weighted by Crippen LogP contribution is -2.24. The number of likely N-dealkylation sites (N-methyl/N-ethyl adjacent to an activating group) is 1. The van der Waals surface area contributed by atoms with Crippen LogP contribution in [0.2, 0.25) is 0 Å².